The fourth-order valence-corrected chi connectivity index (χ4v) is 2.79. The third-order valence-electron chi connectivity index (χ3n) is 3.63. The maximum Gasteiger partial charge on any atom is 0.0565 e. The smallest absolute Gasteiger partial charge is 0.0565 e. The van der Waals surface area contributed by atoms with Crippen molar-refractivity contribution in [2.45, 2.75) is 51.6 Å². The van der Waals surface area contributed by atoms with Crippen molar-refractivity contribution in [3.05, 3.63) is 18.5 Å². The SMILES string of the molecule is CCNC(Cn1cccn1)C1CCCCC1. The highest BCUT2D eigenvalue weighted by molar-refractivity contribution is 4.83. The molecule has 0 aliphatic heterocycles. The summed E-state index contributed by atoms with van der Waals surface area (Å²) in [5.41, 5.74) is 0. The number of hydrogen-bond donors (Lipinski definition) is 1. The minimum atomic E-state index is 0.602. The van der Waals surface area contributed by atoms with Crippen molar-refractivity contribution in [1.29, 1.82) is 0 Å². The van der Waals surface area contributed by atoms with Crippen molar-refractivity contribution in [3.63, 3.8) is 0 Å². The van der Waals surface area contributed by atoms with Crippen molar-refractivity contribution in [3.8, 4) is 0 Å². The molecular formula is C13H23N3. The number of nitrogens with zero attached hydrogens (tertiary/aromatic N) is 2. The molecule has 90 valence electrons. The molecule has 1 fully saturated rings. The van der Waals surface area contributed by atoms with Crippen LogP contribution in [0.4, 0.5) is 0 Å². The van der Waals surface area contributed by atoms with E-state index in [-0.39, 0.29) is 0 Å². The fourth-order valence-electron chi connectivity index (χ4n) is 2.79. The number of rotatable bonds is 5. The van der Waals surface area contributed by atoms with Gasteiger partial charge in [-0.25, -0.2) is 0 Å². The van der Waals surface area contributed by atoms with E-state index in [9.17, 15) is 0 Å². The van der Waals surface area contributed by atoms with E-state index < -0.39 is 0 Å². The van der Waals surface area contributed by atoms with Gasteiger partial charge in [-0.15, -0.1) is 0 Å². The van der Waals surface area contributed by atoms with Gasteiger partial charge in [-0.2, -0.15) is 5.10 Å². The van der Waals surface area contributed by atoms with Gasteiger partial charge in [0.05, 0.1) is 6.54 Å². The fraction of sp³-hybridized carbons (Fsp3) is 0.769. The van der Waals surface area contributed by atoms with E-state index in [1.165, 1.54) is 32.1 Å². The average molecular weight is 221 g/mol. The van der Waals surface area contributed by atoms with Gasteiger partial charge in [0, 0.05) is 18.4 Å². The van der Waals surface area contributed by atoms with E-state index in [1.54, 1.807) is 0 Å². The van der Waals surface area contributed by atoms with Gasteiger partial charge in [-0.05, 0) is 31.4 Å². The van der Waals surface area contributed by atoms with Crippen molar-refractivity contribution < 1.29 is 0 Å². The Labute approximate surface area is 98.2 Å². The Morgan fingerprint density at radius 1 is 1.38 bits per heavy atom. The molecule has 0 aromatic carbocycles. The van der Waals surface area contributed by atoms with Crippen LogP contribution in [0.3, 0.4) is 0 Å². The Morgan fingerprint density at radius 2 is 2.19 bits per heavy atom. The van der Waals surface area contributed by atoms with Gasteiger partial charge >= 0.3 is 0 Å². The molecule has 0 spiro atoms. The van der Waals surface area contributed by atoms with E-state index >= 15 is 0 Å². The second-order valence-electron chi connectivity index (χ2n) is 4.79. The van der Waals surface area contributed by atoms with Crippen LogP contribution in [0.15, 0.2) is 18.5 Å². The predicted molar refractivity (Wildman–Crippen MR) is 66.3 cm³/mol. The molecule has 0 amide bonds. The molecule has 1 unspecified atom stereocenters. The third kappa shape index (κ3) is 3.08. The first-order valence-corrected chi connectivity index (χ1v) is 6.61. The van der Waals surface area contributed by atoms with Crippen LogP contribution < -0.4 is 5.32 Å². The summed E-state index contributed by atoms with van der Waals surface area (Å²) in [7, 11) is 0. The topological polar surface area (TPSA) is 29.9 Å². The normalized spacial score (nSPS) is 19.8. The largest absolute Gasteiger partial charge is 0.312 e. The summed E-state index contributed by atoms with van der Waals surface area (Å²) in [6.45, 7) is 4.27. The highest BCUT2D eigenvalue weighted by Gasteiger charge is 2.23. The van der Waals surface area contributed by atoms with E-state index in [2.05, 4.69) is 28.2 Å². The quantitative estimate of drug-likeness (QED) is 0.827. The highest BCUT2D eigenvalue weighted by Crippen LogP contribution is 2.27. The van der Waals surface area contributed by atoms with Crippen molar-refractivity contribution in [2.24, 2.45) is 5.92 Å². The van der Waals surface area contributed by atoms with Crippen LogP contribution in [0.2, 0.25) is 0 Å². The maximum absolute atomic E-state index is 4.31. The second-order valence-corrected chi connectivity index (χ2v) is 4.79. The Kier molecular flexibility index (Phi) is 4.40. The molecule has 0 radical (unpaired) electrons. The molecule has 1 aliphatic carbocycles. The molecule has 0 saturated heterocycles. The lowest BCUT2D eigenvalue weighted by atomic mass is 9.84. The molecule has 1 aromatic rings. The lowest BCUT2D eigenvalue weighted by Gasteiger charge is -2.30. The first-order chi connectivity index (χ1) is 7.90. The van der Waals surface area contributed by atoms with Gasteiger partial charge < -0.3 is 5.32 Å². The van der Waals surface area contributed by atoms with Gasteiger partial charge in [-0.1, -0.05) is 26.2 Å². The molecule has 2 rings (SSSR count). The number of nitrogens with one attached hydrogen (secondary N) is 1. The third-order valence-corrected chi connectivity index (χ3v) is 3.63. The van der Waals surface area contributed by atoms with Crippen LogP contribution in [0.5, 0.6) is 0 Å². The number of aromatic nitrogens is 2. The zero-order valence-corrected chi connectivity index (χ0v) is 10.2. The van der Waals surface area contributed by atoms with Crippen molar-refractivity contribution >= 4 is 0 Å². The van der Waals surface area contributed by atoms with Crippen LogP contribution in [0.25, 0.3) is 0 Å². The summed E-state index contributed by atoms with van der Waals surface area (Å²) < 4.78 is 2.06. The summed E-state index contributed by atoms with van der Waals surface area (Å²) in [5.74, 6) is 0.845. The van der Waals surface area contributed by atoms with Gasteiger partial charge in [0.25, 0.3) is 0 Å². The standard InChI is InChI=1S/C13H23N3/c1-2-14-13(11-16-10-6-9-15-16)12-7-4-3-5-8-12/h6,9-10,12-14H,2-5,7-8,11H2,1H3. The molecule has 3 nitrogen and oxygen atoms in total. The van der Waals surface area contributed by atoms with Crippen molar-refractivity contribution in [1.82, 2.24) is 15.1 Å². The Bertz CT molecular complexity index is 275. The van der Waals surface area contributed by atoms with E-state index in [0.29, 0.717) is 6.04 Å². The van der Waals surface area contributed by atoms with Gasteiger partial charge in [0.2, 0.25) is 0 Å². The molecule has 1 aromatic heterocycles. The zero-order valence-electron chi connectivity index (χ0n) is 10.2. The molecule has 1 saturated carbocycles. The molecule has 1 heterocycles. The lowest BCUT2D eigenvalue weighted by molar-refractivity contribution is 0.245. The van der Waals surface area contributed by atoms with Gasteiger partial charge in [-0.3, -0.25) is 4.68 Å². The van der Waals surface area contributed by atoms with E-state index in [1.807, 2.05) is 12.3 Å². The van der Waals surface area contributed by atoms with Crippen LogP contribution in [-0.2, 0) is 6.54 Å². The Morgan fingerprint density at radius 3 is 2.81 bits per heavy atom. The zero-order chi connectivity index (χ0) is 11.2. The molecule has 0 bridgehead atoms. The van der Waals surface area contributed by atoms with Crippen LogP contribution in [0.1, 0.15) is 39.0 Å². The summed E-state index contributed by atoms with van der Waals surface area (Å²) >= 11 is 0. The highest BCUT2D eigenvalue weighted by atomic mass is 15.3. The molecule has 1 aliphatic rings. The lowest BCUT2D eigenvalue weighted by Crippen LogP contribution is -2.40. The monoisotopic (exact) mass is 221 g/mol. The summed E-state index contributed by atoms with van der Waals surface area (Å²) in [5, 5.41) is 7.94. The van der Waals surface area contributed by atoms with Gasteiger partial charge in [0.1, 0.15) is 0 Å². The minimum absolute atomic E-state index is 0.602. The van der Waals surface area contributed by atoms with Crippen LogP contribution >= 0.6 is 0 Å². The average Bonchev–Trinajstić information content (AvgIpc) is 2.83. The van der Waals surface area contributed by atoms with Crippen molar-refractivity contribution in [2.75, 3.05) is 6.54 Å². The molecule has 3 heteroatoms. The molecule has 1 N–H and O–H groups in total. The number of likely N-dealkylation sites (N-methyl/N-ethyl adjacent to an activating group) is 1. The minimum Gasteiger partial charge on any atom is -0.312 e. The van der Waals surface area contributed by atoms with E-state index in [4.69, 9.17) is 0 Å². The molecular weight excluding hydrogens is 198 g/mol. The molecule has 16 heavy (non-hydrogen) atoms. The van der Waals surface area contributed by atoms with Gasteiger partial charge in [0.15, 0.2) is 0 Å². The first-order valence-electron chi connectivity index (χ1n) is 6.61. The second kappa shape index (κ2) is 6.04. The number of hydrogen-bond acceptors (Lipinski definition) is 2. The summed E-state index contributed by atoms with van der Waals surface area (Å²) in [6, 6.07) is 2.61. The first kappa shape index (κ1) is 11.6. The summed E-state index contributed by atoms with van der Waals surface area (Å²) in [4.78, 5) is 0. The predicted octanol–water partition coefficient (Wildman–Crippen LogP) is 2.44. The maximum atomic E-state index is 4.31. The summed E-state index contributed by atoms with van der Waals surface area (Å²) in [6.07, 6.45) is 10.9. The molecule has 1 atom stereocenters. The van der Waals surface area contributed by atoms with E-state index in [0.717, 1.165) is 19.0 Å². The Hall–Kier alpha value is -0.830. The Balaban J connectivity index is 1.92. The van der Waals surface area contributed by atoms with Crippen LogP contribution in [0, 0.1) is 5.92 Å². The van der Waals surface area contributed by atoms with Crippen LogP contribution in [-0.4, -0.2) is 22.4 Å².